The summed E-state index contributed by atoms with van der Waals surface area (Å²) in [7, 11) is 1.66. The van der Waals surface area contributed by atoms with Crippen LogP contribution in [0.15, 0.2) is 30.3 Å². The summed E-state index contributed by atoms with van der Waals surface area (Å²) in [6.45, 7) is 0. The molecule has 2 N–H and O–H groups in total. The third-order valence-corrected chi connectivity index (χ3v) is 3.57. The molecule has 9 heteroatoms. The number of amides is 1. The second-order valence-corrected chi connectivity index (χ2v) is 5.09. The minimum Gasteiger partial charge on any atom is -0.465 e. The maximum absolute atomic E-state index is 10.8. The van der Waals surface area contributed by atoms with Gasteiger partial charge in [0.2, 0.25) is 5.82 Å². The number of thiazole rings is 1. The summed E-state index contributed by atoms with van der Waals surface area (Å²) in [5.74, 6) is 0.410. The lowest BCUT2D eigenvalue weighted by atomic mass is 10.1. The third kappa shape index (κ3) is 2.72. The highest BCUT2D eigenvalue weighted by Crippen LogP contribution is 2.37. The van der Waals surface area contributed by atoms with Gasteiger partial charge < -0.3 is 5.11 Å². The van der Waals surface area contributed by atoms with Gasteiger partial charge in [-0.1, -0.05) is 41.7 Å². The summed E-state index contributed by atoms with van der Waals surface area (Å²) in [6.07, 6.45) is -1.16. The number of anilines is 1. The van der Waals surface area contributed by atoms with Gasteiger partial charge in [0, 0.05) is 5.56 Å². The first-order valence-corrected chi connectivity index (χ1v) is 6.75. The van der Waals surface area contributed by atoms with E-state index < -0.39 is 6.09 Å². The van der Waals surface area contributed by atoms with Gasteiger partial charge >= 0.3 is 6.09 Å². The molecule has 2 aromatic heterocycles. The van der Waals surface area contributed by atoms with E-state index >= 15 is 0 Å². The molecular weight excluding hydrogens is 292 g/mol. The Balaban J connectivity index is 2.12. The van der Waals surface area contributed by atoms with Gasteiger partial charge in [0.25, 0.3) is 0 Å². The number of carboxylic acid groups (broad SMARTS) is 1. The molecule has 0 aliphatic rings. The molecule has 21 heavy (non-hydrogen) atoms. The van der Waals surface area contributed by atoms with Crippen LogP contribution in [0.1, 0.15) is 0 Å². The lowest BCUT2D eigenvalue weighted by molar-refractivity contribution is 0.209. The predicted octanol–water partition coefficient (Wildman–Crippen LogP) is 2.09. The van der Waals surface area contributed by atoms with E-state index in [0.29, 0.717) is 16.4 Å². The number of carbonyl (C=O) groups is 1. The Labute approximate surface area is 123 Å². The van der Waals surface area contributed by atoms with Gasteiger partial charge in [0.05, 0.1) is 12.7 Å². The van der Waals surface area contributed by atoms with E-state index in [1.165, 1.54) is 16.1 Å². The fourth-order valence-electron chi connectivity index (χ4n) is 1.78. The maximum Gasteiger partial charge on any atom is 0.410 e. The summed E-state index contributed by atoms with van der Waals surface area (Å²) in [5, 5.41) is 23.2. The van der Waals surface area contributed by atoms with E-state index in [4.69, 9.17) is 5.11 Å². The van der Waals surface area contributed by atoms with Crippen molar-refractivity contribution < 1.29 is 9.90 Å². The fourth-order valence-corrected chi connectivity index (χ4v) is 2.69. The first-order valence-electron chi connectivity index (χ1n) is 5.94. The van der Waals surface area contributed by atoms with Crippen LogP contribution in [0.2, 0.25) is 0 Å². The molecule has 0 atom stereocenters. The minimum atomic E-state index is -1.16. The van der Waals surface area contributed by atoms with Crippen LogP contribution < -0.4 is 5.32 Å². The van der Waals surface area contributed by atoms with Gasteiger partial charge in [0.1, 0.15) is 4.88 Å². The van der Waals surface area contributed by atoms with E-state index in [0.717, 1.165) is 5.56 Å². The van der Waals surface area contributed by atoms with Crippen molar-refractivity contribution in [1.82, 2.24) is 25.2 Å². The second-order valence-electron chi connectivity index (χ2n) is 4.10. The Hall–Kier alpha value is -2.81. The first-order chi connectivity index (χ1) is 10.1. The molecule has 0 saturated heterocycles. The monoisotopic (exact) mass is 302 g/mol. The fraction of sp³-hybridized carbons (Fsp3) is 0.0833. The lowest BCUT2D eigenvalue weighted by Crippen LogP contribution is -2.06. The summed E-state index contributed by atoms with van der Waals surface area (Å²) in [5.41, 5.74) is 1.48. The first kappa shape index (κ1) is 13.2. The zero-order chi connectivity index (χ0) is 14.8. The van der Waals surface area contributed by atoms with E-state index in [2.05, 4.69) is 25.7 Å². The third-order valence-electron chi connectivity index (χ3n) is 2.60. The zero-order valence-corrected chi connectivity index (χ0v) is 11.7. The molecule has 106 valence electrons. The topological polar surface area (TPSA) is 106 Å². The molecule has 3 rings (SSSR count). The van der Waals surface area contributed by atoms with Crippen molar-refractivity contribution in [2.24, 2.45) is 7.05 Å². The molecule has 3 aromatic rings. The summed E-state index contributed by atoms with van der Waals surface area (Å²) < 4.78 is 0. The number of aryl methyl sites for hydroxylation is 1. The highest BCUT2D eigenvalue weighted by atomic mass is 32.1. The number of aromatic nitrogens is 5. The van der Waals surface area contributed by atoms with Crippen LogP contribution in [0.3, 0.4) is 0 Å². The van der Waals surface area contributed by atoms with E-state index in [-0.39, 0.29) is 5.13 Å². The number of tetrazole rings is 1. The van der Waals surface area contributed by atoms with Gasteiger partial charge in [-0.2, -0.15) is 4.80 Å². The van der Waals surface area contributed by atoms with Gasteiger partial charge in [0.15, 0.2) is 5.13 Å². The number of hydrogen-bond donors (Lipinski definition) is 2. The van der Waals surface area contributed by atoms with Crippen LogP contribution in [-0.4, -0.2) is 36.4 Å². The number of rotatable bonds is 3. The van der Waals surface area contributed by atoms with Gasteiger partial charge in [-0.05, 0) is 5.21 Å². The summed E-state index contributed by atoms with van der Waals surface area (Å²) in [6, 6.07) is 9.44. The molecule has 1 aromatic carbocycles. The lowest BCUT2D eigenvalue weighted by Gasteiger charge is -1.98. The van der Waals surface area contributed by atoms with Gasteiger partial charge in [-0.15, -0.1) is 10.2 Å². The van der Waals surface area contributed by atoms with E-state index in [1.54, 1.807) is 7.05 Å². The van der Waals surface area contributed by atoms with Crippen molar-refractivity contribution in [1.29, 1.82) is 0 Å². The van der Waals surface area contributed by atoms with Crippen LogP contribution in [-0.2, 0) is 7.05 Å². The normalized spacial score (nSPS) is 10.5. The number of hydrogen-bond acceptors (Lipinski definition) is 6. The quantitative estimate of drug-likeness (QED) is 0.767. The molecule has 2 heterocycles. The average molecular weight is 302 g/mol. The Bertz CT molecular complexity index is 782. The van der Waals surface area contributed by atoms with Gasteiger partial charge in [-0.25, -0.2) is 9.78 Å². The smallest absolute Gasteiger partial charge is 0.410 e. The highest BCUT2D eigenvalue weighted by Gasteiger charge is 2.19. The van der Waals surface area contributed by atoms with Crippen LogP contribution in [0.25, 0.3) is 22.0 Å². The molecule has 0 radical (unpaired) electrons. The van der Waals surface area contributed by atoms with Crippen molar-refractivity contribution in [2.75, 3.05) is 5.32 Å². The molecule has 8 nitrogen and oxygen atoms in total. The van der Waals surface area contributed by atoms with Gasteiger partial charge in [-0.3, -0.25) is 5.32 Å². The van der Waals surface area contributed by atoms with Crippen LogP contribution >= 0.6 is 11.3 Å². The molecular formula is C12H10N6O2S. The predicted molar refractivity (Wildman–Crippen MR) is 77.0 cm³/mol. The Kier molecular flexibility index (Phi) is 3.32. The van der Waals surface area contributed by atoms with Crippen molar-refractivity contribution in [3.05, 3.63) is 30.3 Å². The van der Waals surface area contributed by atoms with Crippen molar-refractivity contribution in [3.63, 3.8) is 0 Å². The van der Waals surface area contributed by atoms with E-state index in [1.807, 2.05) is 30.3 Å². The molecule has 0 unspecified atom stereocenters. The average Bonchev–Trinajstić information content (AvgIpc) is 3.05. The Morgan fingerprint density at radius 1 is 1.33 bits per heavy atom. The molecule has 0 spiro atoms. The molecule has 0 fully saturated rings. The number of nitrogens with zero attached hydrogens (tertiary/aromatic N) is 5. The zero-order valence-electron chi connectivity index (χ0n) is 10.9. The summed E-state index contributed by atoms with van der Waals surface area (Å²) in [4.78, 5) is 17.1. The summed E-state index contributed by atoms with van der Waals surface area (Å²) >= 11 is 1.17. The highest BCUT2D eigenvalue weighted by molar-refractivity contribution is 7.19. The SMILES string of the molecule is Cn1nnc(-c2sc(NC(=O)O)nc2-c2ccccc2)n1. The van der Waals surface area contributed by atoms with Crippen LogP contribution in [0.5, 0.6) is 0 Å². The minimum absolute atomic E-state index is 0.267. The van der Waals surface area contributed by atoms with Crippen molar-refractivity contribution >= 4 is 22.6 Å². The van der Waals surface area contributed by atoms with E-state index in [9.17, 15) is 4.79 Å². The maximum atomic E-state index is 10.8. The molecule has 1 amide bonds. The van der Waals surface area contributed by atoms with Crippen LogP contribution in [0, 0.1) is 0 Å². The molecule has 0 aliphatic heterocycles. The largest absolute Gasteiger partial charge is 0.465 e. The molecule has 0 bridgehead atoms. The van der Waals surface area contributed by atoms with Crippen molar-refractivity contribution in [2.45, 2.75) is 0 Å². The second kappa shape index (κ2) is 5.29. The van der Waals surface area contributed by atoms with Crippen LogP contribution in [0.4, 0.5) is 9.93 Å². The molecule has 0 aliphatic carbocycles. The Morgan fingerprint density at radius 2 is 2.10 bits per heavy atom. The Morgan fingerprint density at radius 3 is 2.71 bits per heavy atom. The molecule has 0 saturated carbocycles. The number of benzene rings is 1. The van der Waals surface area contributed by atoms with Crippen molar-refractivity contribution in [3.8, 4) is 22.0 Å². The standard InChI is InChI=1S/C12H10N6O2S/c1-18-16-10(15-17-18)9-8(7-5-3-2-4-6-7)13-11(21-9)14-12(19)20/h2-6H,1H3,(H,13,14)(H,19,20). The number of nitrogens with one attached hydrogen (secondary N) is 1.